The van der Waals surface area contributed by atoms with Crippen LogP contribution in [0, 0.1) is 22.7 Å². The molecule has 0 spiro atoms. The van der Waals surface area contributed by atoms with E-state index in [1.807, 2.05) is 38.4 Å². The highest BCUT2D eigenvalue weighted by Crippen LogP contribution is 2.14. The van der Waals surface area contributed by atoms with E-state index in [2.05, 4.69) is 25.8 Å². The average molecular weight is 306 g/mol. The number of nitriles is 2. The SMILES string of the molecule is CN(C)CCN(Cc1cccc(C#N)c1)c1cnc(C#N)cn1. The van der Waals surface area contributed by atoms with Crippen molar-refractivity contribution in [3.8, 4) is 12.1 Å². The normalized spacial score (nSPS) is 10.1. The van der Waals surface area contributed by atoms with Gasteiger partial charge in [0.15, 0.2) is 5.69 Å². The topological polar surface area (TPSA) is 79.8 Å². The van der Waals surface area contributed by atoms with Gasteiger partial charge in [-0.15, -0.1) is 0 Å². The zero-order valence-corrected chi connectivity index (χ0v) is 13.3. The van der Waals surface area contributed by atoms with E-state index < -0.39 is 0 Å². The molecule has 1 heterocycles. The minimum atomic E-state index is 0.299. The molecule has 0 saturated carbocycles. The van der Waals surface area contributed by atoms with Crippen molar-refractivity contribution >= 4 is 5.82 Å². The zero-order valence-electron chi connectivity index (χ0n) is 13.3. The zero-order chi connectivity index (χ0) is 16.7. The van der Waals surface area contributed by atoms with Gasteiger partial charge in [0.25, 0.3) is 0 Å². The molecule has 6 heteroatoms. The number of nitrogens with zero attached hydrogens (tertiary/aromatic N) is 6. The Kier molecular flexibility index (Phi) is 5.62. The molecule has 0 N–H and O–H groups in total. The first-order chi connectivity index (χ1) is 11.1. The first kappa shape index (κ1) is 16.4. The standard InChI is InChI=1S/C17H18N6/c1-22(2)6-7-23(17-12-20-16(10-19)11-21-17)13-15-5-3-4-14(8-15)9-18/h3-5,8,11-12H,6-7,13H2,1-2H3. The van der Waals surface area contributed by atoms with E-state index in [1.54, 1.807) is 12.3 Å². The molecule has 0 aliphatic carbocycles. The number of rotatable bonds is 6. The Balaban J connectivity index is 2.22. The molecular weight excluding hydrogens is 288 g/mol. The Hall–Kier alpha value is -2.96. The molecule has 0 aliphatic rings. The summed E-state index contributed by atoms with van der Waals surface area (Å²) in [4.78, 5) is 12.6. The van der Waals surface area contributed by atoms with Crippen molar-refractivity contribution in [3.05, 3.63) is 53.5 Å². The van der Waals surface area contributed by atoms with Crippen molar-refractivity contribution in [2.75, 3.05) is 32.1 Å². The molecule has 2 aromatic rings. The first-order valence-electron chi connectivity index (χ1n) is 7.23. The monoisotopic (exact) mass is 306 g/mol. The number of aromatic nitrogens is 2. The van der Waals surface area contributed by atoms with Gasteiger partial charge in [-0.3, -0.25) is 0 Å². The van der Waals surface area contributed by atoms with Crippen molar-refractivity contribution < 1.29 is 0 Å². The molecule has 116 valence electrons. The predicted octanol–water partition coefficient (Wildman–Crippen LogP) is 1.79. The van der Waals surface area contributed by atoms with Crippen molar-refractivity contribution in [3.63, 3.8) is 0 Å². The fourth-order valence-electron chi connectivity index (χ4n) is 2.10. The maximum atomic E-state index is 9.02. The first-order valence-corrected chi connectivity index (χ1v) is 7.23. The molecule has 0 radical (unpaired) electrons. The van der Waals surface area contributed by atoms with Gasteiger partial charge < -0.3 is 9.80 Å². The molecule has 23 heavy (non-hydrogen) atoms. The molecule has 2 rings (SSSR count). The van der Waals surface area contributed by atoms with Gasteiger partial charge in [-0.1, -0.05) is 12.1 Å². The van der Waals surface area contributed by atoms with Crippen molar-refractivity contribution in [2.45, 2.75) is 6.54 Å². The van der Waals surface area contributed by atoms with Crippen LogP contribution in [-0.2, 0) is 6.54 Å². The molecule has 0 aliphatic heterocycles. The quantitative estimate of drug-likeness (QED) is 0.809. The molecule has 0 saturated heterocycles. The van der Waals surface area contributed by atoms with Crippen LogP contribution in [0.1, 0.15) is 16.8 Å². The molecule has 6 nitrogen and oxygen atoms in total. The number of likely N-dealkylation sites (N-methyl/N-ethyl adjacent to an activating group) is 1. The molecule has 0 unspecified atom stereocenters. The minimum Gasteiger partial charge on any atom is -0.350 e. The van der Waals surface area contributed by atoms with Gasteiger partial charge in [-0.25, -0.2) is 9.97 Å². The van der Waals surface area contributed by atoms with E-state index in [-0.39, 0.29) is 0 Å². The molecule has 0 atom stereocenters. The summed E-state index contributed by atoms with van der Waals surface area (Å²) in [5.74, 6) is 0.716. The van der Waals surface area contributed by atoms with Gasteiger partial charge in [0.05, 0.1) is 24.0 Å². The van der Waals surface area contributed by atoms with Gasteiger partial charge in [0, 0.05) is 19.6 Å². The summed E-state index contributed by atoms with van der Waals surface area (Å²) in [5, 5.41) is 17.9. The predicted molar refractivity (Wildman–Crippen MR) is 87.5 cm³/mol. The van der Waals surface area contributed by atoms with Crippen LogP contribution in [0.5, 0.6) is 0 Å². The van der Waals surface area contributed by atoms with Crippen LogP contribution < -0.4 is 4.90 Å². The summed E-state index contributed by atoms with van der Waals surface area (Å²) in [5.41, 5.74) is 1.97. The van der Waals surface area contributed by atoms with Crippen molar-refractivity contribution in [2.24, 2.45) is 0 Å². The Morgan fingerprint density at radius 2 is 1.87 bits per heavy atom. The van der Waals surface area contributed by atoms with Crippen LogP contribution in [0.4, 0.5) is 5.82 Å². The van der Waals surface area contributed by atoms with Crippen LogP contribution in [0.3, 0.4) is 0 Å². The second-order valence-electron chi connectivity index (χ2n) is 5.41. The van der Waals surface area contributed by atoms with E-state index >= 15 is 0 Å². The van der Waals surface area contributed by atoms with E-state index in [9.17, 15) is 0 Å². The lowest BCUT2D eigenvalue weighted by Crippen LogP contribution is -2.32. The average Bonchev–Trinajstić information content (AvgIpc) is 2.58. The highest BCUT2D eigenvalue weighted by molar-refractivity contribution is 5.40. The van der Waals surface area contributed by atoms with E-state index in [0.717, 1.165) is 18.7 Å². The Morgan fingerprint density at radius 1 is 1.04 bits per heavy atom. The van der Waals surface area contributed by atoms with E-state index in [1.165, 1.54) is 6.20 Å². The Morgan fingerprint density at radius 3 is 2.48 bits per heavy atom. The van der Waals surface area contributed by atoms with Gasteiger partial charge >= 0.3 is 0 Å². The van der Waals surface area contributed by atoms with Crippen LogP contribution in [0.15, 0.2) is 36.7 Å². The van der Waals surface area contributed by atoms with Crippen LogP contribution in [-0.4, -0.2) is 42.1 Å². The highest BCUT2D eigenvalue weighted by atomic mass is 15.2. The summed E-state index contributed by atoms with van der Waals surface area (Å²) in [6, 6.07) is 11.7. The molecule has 0 bridgehead atoms. The van der Waals surface area contributed by atoms with Crippen LogP contribution in [0.2, 0.25) is 0 Å². The summed E-state index contributed by atoms with van der Waals surface area (Å²) in [6.07, 6.45) is 3.09. The smallest absolute Gasteiger partial charge is 0.158 e. The molecule has 1 aromatic carbocycles. The summed E-state index contributed by atoms with van der Waals surface area (Å²) >= 11 is 0. The summed E-state index contributed by atoms with van der Waals surface area (Å²) < 4.78 is 0. The van der Waals surface area contributed by atoms with Gasteiger partial charge in [0.2, 0.25) is 0 Å². The number of hydrogen-bond donors (Lipinski definition) is 0. The number of benzene rings is 1. The van der Waals surface area contributed by atoms with E-state index in [4.69, 9.17) is 10.5 Å². The van der Waals surface area contributed by atoms with Gasteiger partial charge in [0.1, 0.15) is 11.9 Å². The van der Waals surface area contributed by atoms with Crippen molar-refractivity contribution in [1.82, 2.24) is 14.9 Å². The molecule has 1 aromatic heterocycles. The lowest BCUT2D eigenvalue weighted by atomic mass is 10.1. The molecule has 0 amide bonds. The maximum absolute atomic E-state index is 9.02. The van der Waals surface area contributed by atoms with Crippen molar-refractivity contribution in [1.29, 1.82) is 10.5 Å². The highest BCUT2D eigenvalue weighted by Gasteiger charge is 2.10. The third kappa shape index (κ3) is 4.77. The minimum absolute atomic E-state index is 0.299. The Labute approximate surface area is 136 Å². The third-order valence-electron chi connectivity index (χ3n) is 3.32. The molecule has 0 fully saturated rings. The van der Waals surface area contributed by atoms with E-state index in [0.29, 0.717) is 23.6 Å². The number of hydrogen-bond acceptors (Lipinski definition) is 6. The lowest BCUT2D eigenvalue weighted by molar-refractivity contribution is 0.412. The van der Waals surface area contributed by atoms with Gasteiger partial charge in [-0.05, 0) is 31.8 Å². The second kappa shape index (κ2) is 7.88. The summed E-state index contributed by atoms with van der Waals surface area (Å²) in [7, 11) is 4.03. The van der Waals surface area contributed by atoms with Crippen LogP contribution >= 0.6 is 0 Å². The Bertz CT molecular complexity index is 724. The third-order valence-corrected chi connectivity index (χ3v) is 3.32. The largest absolute Gasteiger partial charge is 0.350 e. The molecular formula is C17H18N6. The summed E-state index contributed by atoms with van der Waals surface area (Å²) in [6.45, 7) is 2.26. The lowest BCUT2D eigenvalue weighted by Gasteiger charge is -2.25. The fourth-order valence-corrected chi connectivity index (χ4v) is 2.10. The van der Waals surface area contributed by atoms with Crippen LogP contribution in [0.25, 0.3) is 0 Å². The van der Waals surface area contributed by atoms with Gasteiger partial charge in [-0.2, -0.15) is 10.5 Å². The second-order valence-corrected chi connectivity index (χ2v) is 5.41. The maximum Gasteiger partial charge on any atom is 0.158 e. The fraction of sp³-hybridized carbons (Fsp3) is 0.294. The number of anilines is 1.